The highest BCUT2D eigenvalue weighted by Crippen LogP contribution is 2.27. The molecule has 2 N–H and O–H groups in total. The number of amides is 2. The third-order valence-electron chi connectivity index (χ3n) is 5.52. The van der Waals surface area contributed by atoms with E-state index in [0.717, 1.165) is 32.3 Å². The van der Waals surface area contributed by atoms with Crippen LogP contribution in [0.3, 0.4) is 0 Å². The zero-order valence-electron chi connectivity index (χ0n) is 14.9. The Morgan fingerprint density at radius 3 is 2.76 bits per heavy atom. The molecular formula is C17H29N3O5. The standard InChI is InChI=1S/C17H29N3O5/c1-2-19(10-16(21)22)13-8-12(9-13)18-17(23)20-5-7-24-11-14(20)15-4-3-6-25-15/h12-15H,2-11H2,1H3,(H,18,23)(H,21,22). The molecule has 2 atom stereocenters. The summed E-state index contributed by atoms with van der Waals surface area (Å²) in [6.45, 7) is 5.19. The van der Waals surface area contributed by atoms with Gasteiger partial charge in [0.05, 0.1) is 31.9 Å². The molecule has 0 bridgehead atoms. The van der Waals surface area contributed by atoms with Crippen molar-refractivity contribution < 1.29 is 24.2 Å². The van der Waals surface area contributed by atoms with E-state index in [4.69, 9.17) is 14.6 Å². The first-order chi connectivity index (χ1) is 12.1. The Hall–Kier alpha value is -1.38. The molecule has 3 fully saturated rings. The number of aliphatic carboxylic acids is 1. The van der Waals surface area contributed by atoms with Crippen molar-refractivity contribution in [3.8, 4) is 0 Å². The van der Waals surface area contributed by atoms with Crippen LogP contribution in [-0.4, -0.2) is 90.6 Å². The van der Waals surface area contributed by atoms with Crippen molar-refractivity contribution in [2.24, 2.45) is 0 Å². The zero-order valence-corrected chi connectivity index (χ0v) is 14.9. The fraction of sp³-hybridized carbons (Fsp3) is 0.882. The lowest BCUT2D eigenvalue weighted by atomic mass is 9.85. The van der Waals surface area contributed by atoms with Crippen LogP contribution in [0.4, 0.5) is 4.79 Å². The Morgan fingerprint density at radius 1 is 1.32 bits per heavy atom. The topological polar surface area (TPSA) is 91.3 Å². The van der Waals surface area contributed by atoms with Crippen LogP contribution in [0.5, 0.6) is 0 Å². The fourth-order valence-corrected chi connectivity index (χ4v) is 4.02. The highest BCUT2D eigenvalue weighted by Gasteiger charge is 2.39. The predicted molar refractivity (Wildman–Crippen MR) is 90.5 cm³/mol. The van der Waals surface area contributed by atoms with Crippen LogP contribution < -0.4 is 5.32 Å². The van der Waals surface area contributed by atoms with Gasteiger partial charge in [-0.1, -0.05) is 6.92 Å². The second-order valence-corrected chi connectivity index (χ2v) is 7.12. The minimum absolute atomic E-state index is 0.00808. The third kappa shape index (κ3) is 4.43. The third-order valence-corrected chi connectivity index (χ3v) is 5.52. The number of hydrogen-bond acceptors (Lipinski definition) is 5. The van der Waals surface area contributed by atoms with Crippen molar-refractivity contribution >= 4 is 12.0 Å². The van der Waals surface area contributed by atoms with E-state index in [2.05, 4.69) is 5.32 Å². The maximum absolute atomic E-state index is 12.7. The molecule has 2 heterocycles. The first-order valence-electron chi connectivity index (χ1n) is 9.30. The smallest absolute Gasteiger partial charge is 0.318 e. The number of nitrogens with zero attached hydrogens (tertiary/aromatic N) is 2. The number of carbonyl (C=O) groups excluding carboxylic acids is 1. The number of likely N-dealkylation sites (N-methyl/N-ethyl adjacent to an activating group) is 1. The molecular weight excluding hydrogens is 326 g/mol. The fourth-order valence-electron chi connectivity index (χ4n) is 4.02. The number of morpholine rings is 1. The average molecular weight is 355 g/mol. The summed E-state index contributed by atoms with van der Waals surface area (Å²) in [6, 6.07) is 0.304. The summed E-state index contributed by atoms with van der Waals surface area (Å²) >= 11 is 0. The Morgan fingerprint density at radius 2 is 2.12 bits per heavy atom. The normalized spacial score (nSPS) is 32.5. The number of rotatable bonds is 6. The Balaban J connectivity index is 1.48. The molecule has 2 amide bonds. The van der Waals surface area contributed by atoms with Gasteiger partial charge in [-0.3, -0.25) is 9.69 Å². The van der Waals surface area contributed by atoms with Crippen molar-refractivity contribution in [2.45, 2.75) is 56.8 Å². The van der Waals surface area contributed by atoms with Gasteiger partial charge in [-0.15, -0.1) is 0 Å². The number of carboxylic acid groups (broad SMARTS) is 1. The number of nitrogens with one attached hydrogen (secondary N) is 1. The van der Waals surface area contributed by atoms with E-state index >= 15 is 0 Å². The van der Waals surface area contributed by atoms with Gasteiger partial charge in [0.2, 0.25) is 0 Å². The second kappa shape index (κ2) is 8.33. The largest absolute Gasteiger partial charge is 0.480 e. The van der Waals surface area contributed by atoms with Crippen molar-refractivity contribution in [1.82, 2.24) is 15.1 Å². The number of hydrogen-bond donors (Lipinski definition) is 2. The lowest BCUT2D eigenvalue weighted by Crippen LogP contribution is -2.61. The molecule has 2 unspecified atom stereocenters. The molecule has 0 spiro atoms. The summed E-state index contributed by atoms with van der Waals surface area (Å²) < 4.78 is 11.3. The number of carbonyl (C=O) groups is 2. The lowest BCUT2D eigenvalue weighted by molar-refractivity contribution is -0.139. The second-order valence-electron chi connectivity index (χ2n) is 7.12. The van der Waals surface area contributed by atoms with E-state index in [1.54, 1.807) is 0 Å². The van der Waals surface area contributed by atoms with Crippen molar-refractivity contribution in [1.29, 1.82) is 0 Å². The van der Waals surface area contributed by atoms with Gasteiger partial charge in [-0.05, 0) is 32.2 Å². The first-order valence-corrected chi connectivity index (χ1v) is 9.30. The highest BCUT2D eigenvalue weighted by molar-refractivity contribution is 5.75. The molecule has 1 saturated carbocycles. The van der Waals surface area contributed by atoms with Crippen molar-refractivity contribution in [3.05, 3.63) is 0 Å². The molecule has 25 heavy (non-hydrogen) atoms. The van der Waals surface area contributed by atoms with Gasteiger partial charge in [-0.25, -0.2) is 4.79 Å². The predicted octanol–water partition coefficient (Wildman–Crippen LogP) is 0.513. The summed E-state index contributed by atoms with van der Waals surface area (Å²) in [5, 5.41) is 12.1. The summed E-state index contributed by atoms with van der Waals surface area (Å²) in [7, 11) is 0. The molecule has 8 nitrogen and oxygen atoms in total. The van der Waals surface area contributed by atoms with Gasteiger partial charge < -0.3 is 24.8 Å². The SMILES string of the molecule is CCN(CC(=O)O)C1CC(NC(=O)N2CCOCC2C2CCCO2)C1. The molecule has 0 aromatic rings. The van der Waals surface area contributed by atoms with Gasteiger partial charge in [0, 0.05) is 25.2 Å². The maximum atomic E-state index is 12.7. The van der Waals surface area contributed by atoms with Crippen LogP contribution in [0.2, 0.25) is 0 Å². The molecule has 2 saturated heterocycles. The Labute approximate surface area is 148 Å². The molecule has 3 aliphatic rings. The maximum Gasteiger partial charge on any atom is 0.318 e. The van der Waals surface area contributed by atoms with Crippen LogP contribution in [0.1, 0.15) is 32.6 Å². The monoisotopic (exact) mass is 355 g/mol. The average Bonchev–Trinajstić information content (AvgIpc) is 3.10. The minimum Gasteiger partial charge on any atom is -0.480 e. The van der Waals surface area contributed by atoms with Crippen LogP contribution in [0.25, 0.3) is 0 Å². The zero-order chi connectivity index (χ0) is 17.8. The van der Waals surface area contributed by atoms with E-state index in [0.29, 0.717) is 26.3 Å². The van der Waals surface area contributed by atoms with Gasteiger partial charge in [0.1, 0.15) is 0 Å². The van der Waals surface area contributed by atoms with Crippen LogP contribution in [-0.2, 0) is 14.3 Å². The highest BCUT2D eigenvalue weighted by atomic mass is 16.5. The van der Waals surface area contributed by atoms with E-state index < -0.39 is 5.97 Å². The van der Waals surface area contributed by atoms with Crippen LogP contribution in [0.15, 0.2) is 0 Å². The Kier molecular flexibility index (Phi) is 6.14. The lowest BCUT2D eigenvalue weighted by Gasteiger charge is -2.44. The van der Waals surface area contributed by atoms with E-state index in [1.165, 1.54) is 0 Å². The summed E-state index contributed by atoms with van der Waals surface area (Å²) in [5.74, 6) is -0.804. The van der Waals surface area contributed by atoms with Crippen molar-refractivity contribution in [3.63, 3.8) is 0 Å². The van der Waals surface area contributed by atoms with Gasteiger partial charge in [0.25, 0.3) is 0 Å². The number of carboxylic acids is 1. The van der Waals surface area contributed by atoms with Gasteiger partial charge in [0.15, 0.2) is 0 Å². The molecule has 8 heteroatoms. The van der Waals surface area contributed by atoms with Gasteiger partial charge in [-0.2, -0.15) is 0 Å². The summed E-state index contributed by atoms with van der Waals surface area (Å²) in [5.41, 5.74) is 0. The number of urea groups is 1. The van der Waals surface area contributed by atoms with Gasteiger partial charge >= 0.3 is 12.0 Å². The van der Waals surface area contributed by atoms with E-state index in [9.17, 15) is 9.59 Å². The molecule has 142 valence electrons. The van der Waals surface area contributed by atoms with Crippen molar-refractivity contribution in [2.75, 3.05) is 39.5 Å². The first kappa shape index (κ1) is 18.4. The molecule has 2 aliphatic heterocycles. The van der Waals surface area contributed by atoms with E-state index in [1.807, 2.05) is 16.7 Å². The summed E-state index contributed by atoms with van der Waals surface area (Å²) in [6.07, 6.45) is 3.71. The molecule has 0 aromatic heterocycles. The molecule has 3 rings (SSSR count). The summed E-state index contributed by atoms with van der Waals surface area (Å²) in [4.78, 5) is 27.4. The van der Waals surface area contributed by atoms with E-state index in [-0.39, 0.29) is 36.8 Å². The van der Waals surface area contributed by atoms with Crippen LogP contribution >= 0.6 is 0 Å². The quantitative estimate of drug-likeness (QED) is 0.722. The molecule has 1 aliphatic carbocycles. The molecule has 0 radical (unpaired) electrons. The van der Waals surface area contributed by atoms with Crippen LogP contribution in [0, 0.1) is 0 Å². The Bertz CT molecular complexity index is 477. The molecule has 0 aromatic carbocycles. The number of ether oxygens (including phenoxy) is 2. The minimum atomic E-state index is -0.804.